The molecule has 0 atom stereocenters. The average Bonchev–Trinajstić information content (AvgIpc) is 2.44. The Kier molecular flexibility index (Phi) is 7.74. The van der Waals surface area contributed by atoms with E-state index in [0.29, 0.717) is 25.6 Å². The zero-order chi connectivity index (χ0) is 14.8. The van der Waals surface area contributed by atoms with E-state index in [0.717, 1.165) is 11.1 Å². The van der Waals surface area contributed by atoms with Gasteiger partial charge in [-0.3, -0.25) is 0 Å². The molecule has 0 bridgehead atoms. The van der Waals surface area contributed by atoms with E-state index in [1.807, 2.05) is 32.0 Å². The summed E-state index contributed by atoms with van der Waals surface area (Å²) in [6.07, 6.45) is 0.222. The molecular formula is C16H22O4. The standard InChI is InChI=1S/C16H22O4/c1-13(2)20-10-9-19-12-14-6-7-16(18-3)15(11-14)5-4-8-17/h6-7,11,13,17H,8-10,12H2,1-3H3. The van der Waals surface area contributed by atoms with E-state index >= 15 is 0 Å². The summed E-state index contributed by atoms with van der Waals surface area (Å²) < 4.78 is 16.2. The van der Waals surface area contributed by atoms with E-state index in [1.54, 1.807) is 7.11 Å². The second-order valence-electron chi connectivity index (χ2n) is 4.47. The van der Waals surface area contributed by atoms with Crippen LogP contribution in [0.3, 0.4) is 0 Å². The summed E-state index contributed by atoms with van der Waals surface area (Å²) in [5.41, 5.74) is 1.76. The van der Waals surface area contributed by atoms with Crippen LogP contribution in [0, 0.1) is 11.8 Å². The highest BCUT2D eigenvalue weighted by atomic mass is 16.5. The number of aliphatic hydroxyl groups excluding tert-OH is 1. The van der Waals surface area contributed by atoms with Gasteiger partial charge in [-0.15, -0.1) is 0 Å². The van der Waals surface area contributed by atoms with Crippen LogP contribution in [-0.2, 0) is 16.1 Å². The van der Waals surface area contributed by atoms with E-state index in [-0.39, 0.29) is 12.7 Å². The lowest BCUT2D eigenvalue weighted by molar-refractivity contribution is 0.0143. The molecule has 4 heteroatoms. The number of ether oxygens (including phenoxy) is 3. The van der Waals surface area contributed by atoms with Gasteiger partial charge in [-0.1, -0.05) is 17.9 Å². The van der Waals surface area contributed by atoms with Crippen LogP contribution in [0.5, 0.6) is 5.75 Å². The lowest BCUT2D eigenvalue weighted by Gasteiger charge is -2.09. The Morgan fingerprint density at radius 3 is 2.70 bits per heavy atom. The minimum absolute atomic E-state index is 0.170. The van der Waals surface area contributed by atoms with Crippen LogP contribution in [0.4, 0.5) is 0 Å². The van der Waals surface area contributed by atoms with Crippen molar-refractivity contribution in [3.63, 3.8) is 0 Å². The van der Waals surface area contributed by atoms with Gasteiger partial charge in [0.1, 0.15) is 12.4 Å². The molecule has 1 aromatic rings. The number of aliphatic hydroxyl groups is 1. The Hall–Kier alpha value is -1.54. The van der Waals surface area contributed by atoms with Crippen LogP contribution >= 0.6 is 0 Å². The predicted octanol–water partition coefficient (Wildman–Crippen LogP) is 1.98. The number of methoxy groups -OCH3 is 1. The summed E-state index contributed by atoms with van der Waals surface area (Å²) in [4.78, 5) is 0. The molecule has 0 spiro atoms. The molecule has 0 saturated heterocycles. The third-order valence-corrected chi connectivity index (χ3v) is 2.51. The zero-order valence-corrected chi connectivity index (χ0v) is 12.3. The molecule has 0 saturated carbocycles. The minimum Gasteiger partial charge on any atom is -0.495 e. The first kappa shape index (κ1) is 16.5. The molecule has 0 amide bonds. The largest absolute Gasteiger partial charge is 0.495 e. The maximum absolute atomic E-state index is 8.75. The van der Waals surface area contributed by atoms with Crippen molar-refractivity contribution in [3.8, 4) is 17.6 Å². The van der Waals surface area contributed by atoms with E-state index in [4.69, 9.17) is 19.3 Å². The van der Waals surface area contributed by atoms with Gasteiger partial charge in [-0.25, -0.2) is 0 Å². The Balaban J connectivity index is 2.54. The minimum atomic E-state index is -0.170. The molecule has 0 aliphatic carbocycles. The number of benzene rings is 1. The fourth-order valence-corrected chi connectivity index (χ4v) is 1.61. The Labute approximate surface area is 120 Å². The van der Waals surface area contributed by atoms with Crippen LogP contribution in [0.25, 0.3) is 0 Å². The van der Waals surface area contributed by atoms with Crippen molar-refractivity contribution >= 4 is 0 Å². The second kappa shape index (κ2) is 9.38. The highest BCUT2D eigenvalue weighted by Crippen LogP contribution is 2.19. The monoisotopic (exact) mass is 278 g/mol. The van der Waals surface area contributed by atoms with Gasteiger partial charge >= 0.3 is 0 Å². The van der Waals surface area contributed by atoms with Crippen molar-refractivity contribution in [1.82, 2.24) is 0 Å². The van der Waals surface area contributed by atoms with Crippen LogP contribution < -0.4 is 4.74 Å². The molecule has 1 aromatic carbocycles. The molecule has 0 aliphatic rings. The molecule has 0 fully saturated rings. The highest BCUT2D eigenvalue weighted by Gasteiger charge is 2.02. The molecular weight excluding hydrogens is 256 g/mol. The van der Waals surface area contributed by atoms with Crippen molar-refractivity contribution in [2.24, 2.45) is 0 Å². The quantitative estimate of drug-likeness (QED) is 0.612. The molecule has 0 aliphatic heterocycles. The molecule has 1 rings (SSSR count). The van der Waals surface area contributed by atoms with Gasteiger partial charge in [-0.05, 0) is 31.5 Å². The van der Waals surface area contributed by atoms with Crippen molar-refractivity contribution in [2.45, 2.75) is 26.6 Å². The zero-order valence-electron chi connectivity index (χ0n) is 12.3. The molecule has 0 heterocycles. The van der Waals surface area contributed by atoms with Gasteiger partial charge in [-0.2, -0.15) is 0 Å². The maximum Gasteiger partial charge on any atom is 0.134 e. The van der Waals surface area contributed by atoms with Gasteiger partial charge in [0.05, 0.1) is 38.6 Å². The predicted molar refractivity (Wildman–Crippen MR) is 77.7 cm³/mol. The molecule has 110 valence electrons. The van der Waals surface area contributed by atoms with Crippen molar-refractivity contribution in [3.05, 3.63) is 29.3 Å². The number of hydrogen-bond acceptors (Lipinski definition) is 4. The summed E-state index contributed by atoms with van der Waals surface area (Å²) in [6, 6.07) is 5.70. The Morgan fingerprint density at radius 1 is 1.25 bits per heavy atom. The summed E-state index contributed by atoms with van der Waals surface area (Å²) in [6.45, 7) is 5.47. The van der Waals surface area contributed by atoms with Gasteiger partial charge in [0, 0.05) is 0 Å². The van der Waals surface area contributed by atoms with Crippen LogP contribution in [0.1, 0.15) is 25.0 Å². The van der Waals surface area contributed by atoms with Crippen LogP contribution in [0.15, 0.2) is 18.2 Å². The first-order valence-electron chi connectivity index (χ1n) is 6.63. The van der Waals surface area contributed by atoms with E-state index in [1.165, 1.54) is 0 Å². The first-order chi connectivity index (χ1) is 9.67. The Bertz CT molecular complexity index is 457. The van der Waals surface area contributed by atoms with Crippen molar-refractivity contribution in [1.29, 1.82) is 0 Å². The average molecular weight is 278 g/mol. The smallest absolute Gasteiger partial charge is 0.134 e. The lowest BCUT2D eigenvalue weighted by atomic mass is 10.1. The lowest BCUT2D eigenvalue weighted by Crippen LogP contribution is -2.09. The maximum atomic E-state index is 8.75. The second-order valence-corrected chi connectivity index (χ2v) is 4.47. The van der Waals surface area contributed by atoms with Gasteiger partial charge in [0.15, 0.2) is 0 Å². The molecule has 1 N–H and O–H groups in total. The molecule has 20 heavy (non-hydrogen) atoms. The van der Waals surface area contributed by atoms with Gasteiger partial charge in [0.25, 0.3) is 0 Å². The van der Waals surface area contributed by atoms with Crippen LogP contribution in [0.2, 0.25) is 0 Å². The fourth-order valence-electron chi connectivity index (χ4n) is 1.61. The first-order valence-corrected chi connectivity index (χ1v) is 6.63. The molecule has 4 nitrogen and oxygen atoms in total. The Morgan fingerprint density at radius 2 is 2.05 bits per heavy atom. The number of hydrogen-bond donors (Lipinski definition) is 1. The fraction of sp³-hybridized carbons (Fsp3) is 0.500. The van der Waals surface area contributed by atoms with Crippen LogP contribution in [-0.4, -0.2) is 38.1 Å². The van der Waals surface area contributed by atoms with Gasteiger partial charge in [0.2, 0.25) is 0 Å². The SMILES string of the molecule is COc1ccc(COCCOC(C)C)cc1C#CCO. The molecule has 0 unspecified atom stereocenters. The molecule has 0 radical (unpaired) electrons. The number of rotatable bonds is 7. The summed E-state index contributed by atoms with van der Waals surface area (Å²) in [5, 5.41) is 8.75. The topological polar surface area (TPSA) is 47.9 Å². The third kappa shape index (κ3) is 6.07. The summed E-state index contributed by atoms with van der Waals surface area (Å²) in [7, 11) is 1.60. The van der Waals surface area contributed by atoms with E-state index < -0.39 is 0 Å². The summed E-state index contributed by atoms with van der Waals surface area (Å²) >= 11 is 0. The third-order valence-electron chi connectivity index (χ3n) is 2.51. The van der Waals surface area contributed by atoms with Crippen molar-refractivity contribution < 1.29 is 19.3 Å². The normalized spacial score (nSPS) is 10.2. The van der Waals surface area contributed by atoms with E-state index in [2.05, 4.69) is 11.8 Å². The van der Waals surface area contributed by atoms with E-state index in [9.17, 15) is 0 Å². The van der Waals surface area contributed by atoms with Crippen molar-refractivity contribution in [2.75, 3.05) is 26.9 Å². The molecule has 0 aromatic heterocycles. The van der Waals surface area contributed by atoms with Gasteiger partial charge < -0.3 is 19.3 Å². The highest BCUT2D eigenvalue weighted by molar-refractivity contribution is 5.48. The summed E-state index contributed by atoms with van der Waals surface area (Å²) in [5.74, 6) is 6.18.